The van der Waals surface area contributed by atoms with Gasteiger partial charge in [-0.3, -0.25) is 0 Å². The number of hydrogen-bond acceptors (Lipinski definition) is 4. The summed E-state index contributed by atoms with van der Waals surface area (Å²) in [4.78, 5) is 8.28. The molecular weight excluding hydrogens is 283 g/mol. The molecule has 0 bridgehead atoms. The number of para-hydroxylation sites is 1. The van der Waals surface area contributed by atoms with Crippen molar-refractivity contribution in [2.24, 2.45) is 0 Å². The Morgan fingerprint density at radius 1 is 1.11 bits per heavy atom. The van der Waals surface area contributed by atoms with Gasteiger partial charge in [-0.2, -0.15) is 0 Å². The van der Waals surface area contributed by atoms with Crippen molar-refractivity contribution in [3.05, 3.63) is 40.6 Å². The molecule has 0 unspecified atom stereocenters. The normalized spacial score (nSPS) is 10.3. The molecule has 2 rings (SSSR count). The molecule has 0 amide bonds. The largest absolute Gasteiger partial charge is 0.370 e. The maximum Gasteiger partial charge on any atom is 0.135 e. The van der Waals surface area contributed by atoms with Crippen molar-refractivity contribution in [3.63, 3.8) is 0 Å². The third-order valence-electron chi connectivity index (χ3n) is 2.44. The SMILES string of the molecule is CCCNc1cc(Nc2c(Cl)cccc2Cl)ncn1. The lowest BCUT2D eigenvalue weighted by atomic mass is 10.3. The average molecular weight is 297 g/mol. The number of halogens is 2. The van der Waals surface area contributed by atoms with Gasteiger partial charge in [0.2, 0.25) is 0 Å². The number of anilines is 3. The standard InChI is InChI=1S/C13H14Cl2N4/c1-2-6-16-11-7-12(18-8-17-11)19-13-9(14)4-3-5-10(13)15/h3-5,7-8H,2,6H2,1H3,(H2,16,17,18,19). The van der Waals surface area contributed by atoms with E-state index in [0.29, 0.717) is 21.6 Å². The molecule has 0 radical (unpaired) electrons. The number of nitrogens with one attached hydrogen (secondary N) is 2. The Hall–Kier alpha value is -1.52. The van der Waals surface area contributed by atoms with E-state index in [4.69, 9.17) is 23.2 Å². The van der Waals surface area contributed by atoms with Gasteiger partial charge in [-0.05, 0) is 18.6 Å². The van der Waals surface area contributed by atoms with E-state index in [9.17, 15) is 0 Å². The maximum atomic E-state index is 6.10. The zero-order valence-electron chi connectivity index (χ0n) is 10.5. The summed E-state index contributed by atoms with van der Waals surface area (Å²) in [6.45, 7) is 2.96. The number of hydrogen-bond donors (Lipinski definition) is 2. The quantitative estimate of drug-likeness (QED) is 0.861. The van der Waals surface area contributed by atoms with Crippen LogP contribution in [0.1, 0.15) is 13.3 Å². The van der Waals surface area contributed by atoms with Crippen molar-refractivity contribution < 1.29 is 0 Å². The summed E-state index contributed by atoms with van der Waals surface area (Å²) in [5.41, 5.74) is 0.644. The lowest BCUT2D eigenvalue weighted by Gasteiger charge is -2.10. The maximum absolute atomic E-state index is 6.10. The molecule has 1 aromatic carbocycles. The van der Waals surface area contributed by atoms with Crippen LogP contribution in [0.3, 0.4) is 0 Å². The predicted octanol–water partition coefficient (Wildman–Crippen LogP) is 4.35. The monoisotopic (exact) mass is 296 g/mol. The molecule has 0 atom stereocenters. The predicted molar refractivity (Wildman–Crippen MR) is 80.6 cm³/mol. The second-order valence-electron chi connectivity index (χ2n) is 3.94. The molecular formula is C13H14Cl2N4. The zero-order valence-corrected chi connectivity index (χ0v) is 12.0. The molecule has 0 aliphatic rings. The topological polar surface area (TPSA) is 49.8 Å². The second-order valence-corrected chi connectivity index (χ2v) is 4.75. The Kier molecular flexibility index (Phi) is 4.82. The molecule has 0 aliphatic carbocycles. The Morgan fingerprint density at radius 3 is 2.47 bits per heavy atom. The van der Waals surface area contributed by atoms with E-state index >= 15 is 0 Å². The van der Waals surface area contributed by atoms with Crippen molar-refractivity contribution >= 4 is 40.5 Å². The Bertz CT molecular complexity index is 540. The summed E-state index contributed by atoms with van der Waals surface area (Å²) in [6, 6.07) is 7.15. The minimum atomic E-state index is 0.550. The molecule has 2 N–H and O–H groups in total. The van der Waals surface area contributed by atoms with Crippen LogP contribution in [-0.4, -0.2) is 16.5 Å². The van der Waals surface area contributed by atoms with Gasteiger partial charge in [-0.1, -0.05) is 36.2 Å². The van der Waals surface area contributed by atoms with Gasteiger partial charge in [-0.15, -0.1) is 0 Å². The molecule has 6 heteroatoms. The molecule has 2 aromatic rings. The third-order valence-corrected chi connectivity index (χ3v) is 3.07. The van der Waals surface area contributed by atoms with Crippen LogP contribution < -0.4 is 10.6 Å². The Morgan fingerprint density at radius 2 is 1.79 bits per heavy atom. The molecule has 0 saturated carbocycles. The van der Waals surface area contributed by atoms with Gasteiger partial charge in [0, 0.05) is 12.6 Å². The summed E-state index contributed by atoms with van der Waals surface area (Å²) < 4.78 is 0. The smallest absolute Gasteiger partial charge is 0.135 e. The van der Waals surface area contributed by atoms with Crippen LogP contribution in [0.4, 0.5) is 17.3 Å². The highest BCUT2D eigenvalue weighted by molar-refractivity contribution is 6.39. The van der Waals surface area contributed by atoms with Crippen molar-refractivity contribution in [1.82, 2.24) is 9.97 Å². The van der Waals surface area contributed by atoms with Crippen LogP contribution in [0.15, 0.2) is 30.6 Å². The van der Waals surface area contributed by atoms with Gasteiger partial charge >= 0.3 is 0 Å². The van der Waals surface area contributed by atoms with Gasteiger partial charge < -0.3 is 10.6 Å². The lowest BCUT2D eigenvalue weighted by molar-refractivity contribution is 0.965. The Balaban J connectivity index is 2.19. The fourth-order valence-corrected chi connectivity index (χ4v) is 2.01. The second kappa shape index (κ2) is 6.59. The first-order valence-electron chi connectivity index (χ1n) is 5.97. The molecule has 4 nitrogen and oxygen atoms in total. The van der Waals surface area contributed by atoms with Crippen LogP contribution in [0.25, 0.3) is 0 Å². The summed E-state index contributed by atoms with van der Waals surface area (Å²) in [5.74, 6) is 1.41. The van der Waals surface area contributed by atoms with Gasteiger partial charge in [0.25, 0.3) is 0 Å². The molecule has 19 heavy (non-hydrogen) atoms. The van der Waals surface area contributed by atoms with Crippen molar-refractivity contribution in [1.29, 1.82) is 0 Å². The van der Waals surface area contributed by atoms with E-state index in [1.807, 2.05) is 6.07 Å². The van der Waals surface area contributed by atoms with Crippen LogP contribution in [0.2, 0.25) is 10.0 Å². The van der Waals surface area contributed by atoms with Crippen LogP contribution in [-0.2, 0) is 0 Å². The minimum Gasteiger partial charge on any atom is -0.370 e. The first-order valence-corrected chi connectivity index (χ1v) is 6.73. The molecule has 0 fully saturated rings. The van der Waals surface area contributed by atoms with E-state index < -0.39 is 0 Å². The van der Waals surface area contributed by atoms with Crippen LogP contribution >= 0.6 is 23.2 Å². The fraction of sp³-hybridized carbons (Fsp3) is 0.231. The number of aromatic nitrogens is 2. The highest BCUT2D eigenvalue weighted by atomic mass is 35.5. The highest BCUT2D eigenvalue weighted by Crippen LogP contribution is 2.32. The number of rotatable bonds is 5. The van der Waals surface area contributed by atoms with Crippen LogP contribution in [0.5, 0.6) is 0 Å². The molecule has 0 aliphatic heterocycles. The lowest BCUT2D eigenvalue weighted by Crippen LogP contribution is -2.03. The van der Waals surface area contributed by atoms with Gasteiger partial charge in [0.15, 0.2) is 0 Å². The highest BCUT2D eigenvalue weighted by Gasteiger charge is 2.06. The fourth-order valence-electron chi connectivity index (χ4n) is 1.52. The van der Waals surface area contributed by atoms with E-state index in [0.717, 1.165) is 18.8 Å². The van der Waals surface area contributed by atoms with Gasteiger partial charge in [0.05, 0.1) is 15.7 Å². The first-order chi connectivity index (χ1) is 9.20. The van der Waals surface area contributed by atoms with Gasteiger partial charge in [0.1, 0.15) is 18.0 Å². The average Bonchev–Trinajstić information content (AvgIpc) is 2.41. The molecule has 0 saturated heterocycles. The van der Waals surface area contributed by atoms with E-state index in [1.54, 1.807) is 18.2 Å². The first kappa shape index (κ1) is 13.9. The van der Waals surface area contributed by atoms with Crippen molar-refractivity contribution in [3.8, 4) is 0 Å². The molecule has 0 spiro atoms. The number of benzene rings is 1. The summed E-state index contributed by atoms with van der Waals surface area (Å²) in [7, 11) is 0. The van der Waals surface area contributed by atoms with E-state index in [-0.39, 0.29) is 0 Å². The van der Waals surface area contributed by atoms with Crippen molar-refractivity contribution in [2.75, 3.05) is 17.2 Å². The third kappa shape index (κ3) is 3.72. The van der Waals surface area contributed by atoms with E-state index in [1.165, 1.54) is 6.33 Å². The number of nitrogens with zero attached hydrogens (tertiary/aromatic N) is 2. The summed E-state index contributed by atoms with van der Waals surface area (Å²) >= 11 is 12.2. The minimum absolute atomic E-state index is 0.550. The molecule has 1 aromatic heterocycles. The van der Waals surface area contributed by atoms with Gasteiger partial charge in [-0.25, -0.2) is 9.97 Å². The van der Waals surface area contributed by atoms with Crippen molar-refractivity contribution in [2.45, 2.75) is 13.3 Å². The zero-order chi connectivity index (χ0) is 13.7. The summed E-state index contributed by atoms with van der Waals surface area (Å²) in [5, 5.41) is 7.40. The molecule has 1 heterocycles. The van der Waals surface area contributed by atoms with Crippen LogP contribution in [0, 0.1) is 0 Å². The Labute approximate surface area is 122 Å². The molecule has 100 valence electrons. The van der Waals surface area contributed by atoms with E-state index in [2.05, 4.69) is 27.5 Å². The summed E-state index contributed by atoms with van der Waals surface area (Å²) in [6.07, 6.45) is 2.52.